The van der Waals surface area contributed by atoms with Gasteiger partial charge in [-0.3, -0.25) is 0 Å². The van der Waals surface area contributed by atoms with Gasteiger partial charge in [0.25, 0.3) is 0 Å². The number of nitrogens with zero attached hydrogens (tertiary/aromatic N) is 2. The Morgan fingerprint density at radius 3 is 0.548 bits per heavy atom. The summed E-state index contributed by atoms with van der Waals surface area (Å²) in [5, 5.41) is 0. The van der Waals surface area contributed by atoms with E-state index < -0.39 is 0 Å². The lowest BCUT2D eigenvalue weighted by Gasteiger charge is -2.17. The number of aryl methyl sites for hydroxylation is 8. The molecule has 8 bridgehead atoms. The fraction of sp³-hybridized carbons (Fsp3) is 0.480. The Labute approximate surface area is 632 Å². The van der Waals surface area contributed by atoms with E-state index in [4.69, 9.17) is 9.97 Å². The molecule has 0 radical (unpaired) electrons. The Morgan fingerprint density at radius 1 is 0.240 bits per heavy atom. The Hall–Kier alpha value is -7.56. The van der Waals surface area contributed by atoms with Crippen LogP contribution in [0.5, 0.6) is 0 Å². The second kappa shape index (κ2) is 43.2. The van der Waals surface area contributed by atoms with Crippen LogP contribution >= 0.6 is 0 Å². The maximum absolute atomic E-state index is 6.09. The molecule has 2 aliphatic rings. The van der Waals surface area contributed by atoms with Crippen molar-refractivity contribution in [2.45, 2.75) is 312 Å². The van der Waals surface area contributed by atoms with Crippen molar-refractivity contribution in [3.05, 3.63) is 189 Å². The number of nitrogens with one attached hydrogen (secondary N) is 2. The van der Waals surface area contributed by atoms with Gasteiger partial charge in [0, 0.05) is 44.3 Å². The highest BCUT2D eigenvalue weighted by molar-refractivity contribution is 6.01. The van der Waals surface area contributed by atoms with Crippen LogP contribution in [0.1, 0.15) is 350 Å². The monoisotopic (exact) mass is 1390 g/mol. The van der Waals surface area contributed by atoms with Gasteiger partial charge in [-0.1, -0.05) is 309 Å². The molecule has 4 nitrogen and oxygen atoms in total. The highest BCUT2D eigenvalue weighted by Crippen LogP contribution is 2.43. The van der Waals surface area contributed by atoms with Gasteiger partial charge in [0.05, 0.1) is 22.8 Å². The zero-order valence-electron chi connectivity index (χ0n) is 66.6. The Kier molecular flexibility index (Phi) is 33.4. The SMILES string of the molecule is C=Cc1c(CCCCCC)cc(-c2c3nc(c(-c4cc(CCCCCC)c(C=C)c(CCCCCC)c4)c4ccc([nH]4)c(-c4cc(CCCCCC)c(C=C)c(CCCCCC)c4)c4nc(c(-c5cc(CCCCCC)c(C=C)c(CCCCCC)c5)c5ccc2[nH]5)C=C4)C=C3)cc1CCCCCC. The highest BCUT2D eigenvalue weighted by atomic mass is 14.8. The zero-order chi connectivity index (χ0) is 73.4. The molecule has 4 heteroatoms. The van der Waals surface area contributed by atoms with Crippen molar-refractivity contribution in [1.29, 1.82) is 0 Å². The number of aromatic nitrogens is 4. The normalized spacial score (nSPS) is 11.9. The molecule has 2 aliphatic heterocycles. The zero-order valence-corrected chi connectivity index (χ0v) is 66.6. The lowest BCUT2D eigenvalue weighted by molar-refractivity contribution is 0.660. The molecule has 0 aliphatic carbocycles. The molecule has 7 aromatic rings. The van der Waals surface area contributed by atoms with Gasteiger partial charge in [-0.15, -0.1) is 0 Å². The van der Waals surface area contributed by atoms with Gasteiger partial charge in [0.1, 0.15) is 0 Å². The molecule has 0 atom stereocenters. The smallest absolute Gasteiger partial charge is 0.0737 e. The summed E-state index contributed by atoms with van der Waals surface area (Å²) < 4.78 is 0. The average Bonchev–Trinajstić information content (AvgIpc) is 1.58. The minimum atomic E-state index is 0.967. The summed E-state index contributed by atoms with van der Waals surface area (Å²) >= 11 is 0. The number of benzene rings is 4. The van der Waals surface area contributed by atoms with Crippen LogP contribution in [0.3, 0.4) is 0 Å². The predicted molar refractivity (Wildman–Crippen MR) is 464 cm³/mol. The van der Waals surface area contributed by atoms with Gasteiger partial charge in [-0.05, 0) is 240 Å². The van der Waals surface area contributed by atoms with E-state index >= 15 is 0 Å². The molecule has 0 saturated carbocycles. The Bertz CT molecular complexity index is 3520. The van der Waals surface area contributed by atoms with E-state index in [1.807, 2.05) is 0 Å². The van der Waals surface area contributed by atoms with Gasteiger partial charge in [-0.2, -0.15) is 0 Å². The number of H-pyrrole nitrogens is 2. The summed E-state index contributed by atoms with van der Waals surface area (Å²) in [5.41, 5.74) is 33.8. The van der Waals surface area contributed by atoms with E-state index in [9.17, 15) is 0 Å². The summed E-state index contributed by atoms with van der Waals surface area (Å²) in [6.07, 6.45) is 64.6. The van der Waals surface area contributed by atoms with Crippen molar-refractivity contribution in [2.75, 3.05) is 0 Å². The summed E-state index contributed by atoms with van der Waals surface area (Å²) in [6, 6.07) is 29.7. The maximum Gasteiger partial charge on any atom is 0.0737 e. The lowest BCUT2D eigenvalue weighted by Crippen LogP contribution is -2.01. The minimum absolute atomic E-state index is 0.967. The van der Waals surface area contributed by atoms with Crippen LogP contribution in [0.2, 0.25) is 0 Å². The fourth-order valence-corrected chi connectivity index (χ4v) is 16.8. The molecule has 104 heavy (non-hydrogen) atoms. The number of fused-ring (bicyclic) bond motifs is 8. The van der Waals surface area contributed by atoms with Crippen LogP contribution in [0.25, 0.3) is 115 Å². The van der Waals surface area contributed by atoms with Crippen molar-refractivity contribution < 1.29 is 0 Å². The molecule has 0 amide bonds. The van der Waals surface area contributed by atoms with Gasteiger partial charge < -0.3 is 9.97 Å². The Balaban J connectivity index is 1.49. The second-order valence-electron chi connectivity index (χ2n) is 30.6. The summed E-state index contributed by atoms with van der Waals surface area (Å²) in [4.78, 5) is 20.8. The van der Waals surface area contributed by atoms with Gasteiger partial charge in [0.15, 0.2) is 0 Å². The molecule has 3 aromatic heterocycles. The average molecular weight is 1390 g/mol. The summed E-state index contributed by atoms with van der Waals surface area (Å²) in [6.45, 7) is 36.8. The lowest BCUT2D eigenvalue weighted by atomic mass is 9.89. The van der Waals surface area contributed by atoms with Crippen molar-refractivity contribution in [3.8, 4) is 44.5 Å². The first-order chi connectivity index (χ1) is 51.1. The van der Waals surface area contributed by atoms with Crippen molar-refractivity contribution in [1.82, 2.24) is 19.9 Å². The van der Waals surface area contributed by atoms with E-state index in [-0.39, 0.29) is 0 Å². The number of unbranched alkanes of at least 4 members (excludes halogenated alkanes) is 24. The molecular weight excluding hydrogens is 1260 g/mol. The van der Waals surface area contributed by atoms with E-state index in [0.717, 1.165) is 170 Å². The van der Waals surface area contributed by atoms with Crippen molar-refractivity contribution >= 4 is 70.7 Å². The summed E-state index contributed by atoms with van der Waals surface area (Å²) in [7, 11) is 0. The molecule has 554 valence electrons. The Morgan fingerprint density at radius 2 is 0.404 bits per heavy atom. The molecule has 5 heterocycles. The van der Waals surface area contributed by atoms with Gasteiger partial charge in [0.2, 0.25) is 0 Å². The van der Waals surface area contributed by atoms with E-state index in [2.05, 4.69) is 213 Å². The first-order valence-electron chi connectivity index (χ1n) is 42.4. The quantitative estimate of drug-likeness (QED) is 0.0374. The van der Waals surface area contributed by atoms with Crippen LogP contribution in [0.15, 0.2) is 99.1 Å². The predicted octanol–water partition coefficient (Wildman–Crippen LogP) is 30.9. The third kappa shape index (κ3) is 21.4. The topological polar surface area (TPSA) is 57.4 Å². The molecule has 0 unspecified atom stereocenters. The van der Waals surface area contributed by atoms with Crippen molar-refractivity contribution in [3.63, 3.8) is 0 Å². The number of aromatic amines is 2. The molecular formula is C100H134N4. The largest absolute Gasteiger partial charge is 0.354 e. The van der Waals surface area contributed by atoms with E-state index in [1.165, 1.54) is 243 Å². The highest BCUT2D eigenvalue weighted by Gasteiger charge is 2.24. The van der Waals surface area contributed by atoms with E-state index in [1.54, 1.807) is 0 Å². The minimum Gasteiger partial charge on any atom is -0.354 e. The molecule has 0 saturated heterocycles. The van der Waals surface area contributed by atoms with Crippen LogP contribution in [0, 0.1) is 0 Å². The molecule has 2 N–H and O–H groups in total. The van der Waals surface area contributed by atoms with Crippen LogP contribution in [-0.2, 0) is 51.4 Å². The van der Waals surface area contributed by atoms with Gasteiger partial charge in [-0.25, -0.2) is 9.97 Å². The third-order valence-electron chi connectivity index (χ3n) is 22.5. The number of hydrogen-bond acceptors (Lipinski definition) is 2. The first kappa shape index (κ1) is 80.5. The fourth-order valence-electron chi connectivity index (χ4n) is 16.8. The molecule has 9 rings (SSSR count). The standard InChI is InChI=1S/C100H134N4/c1-13-25-33-41-49-73-65-81(66-74(85(73)21-9)50-42-34-26-14-2)97-89-57-59-91(101-89)98(82-67-75(51-43-35-27-15-3)86(22-10)76(68-82)52-44-36-28-16-4)93-61-63-95(103-93)100(84-71-79(55-47-39-31-19-7)88(24-12)80(72-84)56-48-40-32-20-8)96-64-62-94(104-96)99(92-60-58-90(97)102-92)83-69-77(53-45-37-29-17-5)87(23-11)78(70-83)54-46-38-30-18-6/h21-24,57-72,101,104H,9-20,25-56H2,1-8H3. The molecule has 0 fully saturated rings. The summed E-state index contributed by atoms with van der Waals surface area (Å²) in [5.74, 6) is 0. The third-order valence-corrected chi connectivity index (χ3v) is 22.5. The van der Waals surface area contributed by atoms with Crippen LogP contribution < -0.4 is 0 Å². The second-order valence-corrected chi connectivity index (χ2v) is 30.6. The molecule has 4 aromatic carbocycles. The van der Waals surface area contributed by atoms with Crippen LogP contribution in [-0.4, -0.2) is 19.9 Å². The van der Waals surface area contributed by atoms with E-state index in [0.29, 0.717) is 0 Å². The first-order valence-corrected chi connectivity index (χ1v) is 42.4. The maximum atomic E-state index is 6.09. The van der Waals surface area contributed by atoms with Gasteiger partial charge >= 0.3 is 0 Å². The van der Waals surface area contributed by atoms with Crippen LogP contribution in [0.4, 0.5) is 0 Å². The number of rotatable bonds is 48. The van der Waals surface area contributed by atoms with Crippen molar-refractivity contribution in [2.24, 2.45) is 0 Å². The number of hydrogen-bond donors (Lipinski definition) is 2. The molecule has 0 spiro atoms.